The Morgan fingerprint density at radius 1 is 1.00 bits per heavy atom. The fraction of sp³-hybridized carbons (Fsp3) is 0.880. The van der Waals surface area contributed by atoms with E-state index in [1.54, 1.807) is 11.9 Å². The molecule has 32 heavy (non-hydrogen) atoms. The molecule has 0 aromatic carbocycles. The second-order valence-electron chi connectivity index (χ2n) is 10.6. The molecular formula is C25H44N4O3. The van der Waals surface area contributed by atoms with Gasteiger partial charge in [-0.2, -0.15) is 0 Å². The van der Waals surface area contributed by atoms with E-state index in [1.165, 1.54) is 38.5 Å². The molecule has 3 fully saturated rings. The van der Waals surface area contributed by atoms with Gasteiger partial charge in [-0.1, -0.05) is 52.4 Å². The lowest BCUT2D eigenvalue weighted by molar-refractivity contribution is -0.146. The highest BCUT2D eigenvalue weighted by Gasteiger charge is 2.44. The molecule has 2 unspecified atom stereocenters. The predicted molar refractivity (Wildman–Crippen MR) is 126 cm³/mol. The Hall–Kier alpha value is -1.79. The molecular weight excluding hydrogens is 404 g/mol. The van der Waals surface area contributed by atoms with Gasteiger partial charge in [0, 0.05) is 32.6 Å². The number of amides is 4. The van der Waals surface area contributed by atoms with Crippen LogP contribution in [0.2, 0.25) is 0 Å². The average molecular weight is 449 g/mol. The number of nitrogens with zero attached hydrogens (tertiary/aromatic N) is 2. The van der Waals surface area contributed by atoms with Crippen LogP contribution in [0.25, 0.3) is 0 Å². The molecule has 3 rings (SSSR count). The summed E-state index contributed by atoms with van der Waals surface area (Å²) in [6.07, 6.45) is 12.4. The van der Waals surface area contributed by atoms with Crippen LogP contribution in [0.15, 0.2) is 0 Å². The molecule has 1 aliphatic heterocycles. The number of nitrogens with one attached hydrogen (secondary N) is 2. The van der Waals surface area contributed by atoms with E-state index in [1.807, 2.05) is 4.90 Å². The van der Waals surface area contributed by atoms with Crippen LogP contribution in [0.4, 0.5) is 4.79 Å². The average Bonchev–Trinajstić information content (AvgIpc) is 2.78. The van der Waals surface area contributed by atoms with Gasteiger partial charge < -0.3 is 20.4 Å². The first-order valence-electron chi connectivity index (χ1n) is 13.0. The van der Waals surface area contributed by atoms with Crippen LogP contribution in [0.3, 0.4) is 0 Å². The summed E-state index contributed by atoms with van der Waals surface area (Å²) in [5.41, 5.74) is 0. The van der Waals surface area contributed by atoms with Crippen molar-refractivity contribution in [2.24, 2.45) is 11.8 Å². The van der Waals surface area contributed by atoms with Crippen LogP contribution in [0.1, 0.15) is 90.9 Å². The van der Waals surface area contributed by atoms with E-state index in [-0.39, 0.29) is 42.3 Å². The van der Waals surface area contributed by atoms with Crippen molar-refractivity contribution in [1.82, 2.24) is 20.4 Å². The lowest BCUT2D eigenvalue weighted by atomic mass is 9.87. The van der Waals surface area contributed by atoms with E-state index in [9.17, 15) is 14.4 Å². The molecule has 2 atom stereocenters. The van der Waals surface area contributed by atoms with Gasteiger partial charge in [0.25, 0.3) is 0 Å². The van der Waals surface area contributed by atoms with E-state index < -0.39 is 6.04 Å². The van der Waals surface area contributed by atoms with E-state index in [2.05, 4.69) is 24.5 Å². The minimum absolute atomic E-state index is 0.0659. The van der Waals surface area contributed by atoms with Gasteiger partial charge in [-0.3, -0.25) is 9.59 Å². The second kappa shape index (κ2) is 11.9. The topological polar surface area (TPSA) is 81.8 Å². The molecule has 2 N–H and O–H groups in total. The second-order valence-corrected chi connectivity index (χ2v) is 10.6. The summed E-state index contributed by atoms with van der Waals surface area (Å²) in [6.45, 7) is 5.40. The summed E-state index contributed by atoms with van der Waals surface area (Å²) >= 11 is 0. The van der Waals surface area contributed by atoms with Gasteiger partial charge in [0.1, 0.15) is 6.04 Å². The van der Waals surface area contributed by atoms with Crippen LogP contribution in [0.5, 0.6) is 0 Å². The number of rotatable bonds is 7. The van der Waals surface area contributed by atoms with Crippen molar-refractivity contribution in [2.75, 3.05) is 20.1 Å². The molecule has 0 aromatic heterocycles. The Kier molecular flexibility index (Phi) is 9.23. The lowest BCUT2D eigenvalue weighted by Crippen LogP contribution is -2.67. The van der Waals surface area contributed by atoms with Crippen LogP contribution in [-0.2, 0) is 9.59 Å². The number of carbonyl (C=O) groups is 3. The van der Waals surface area contributed by atoms with Crippen LogP contribution >= 0.6 is 0 Å². The Labute approximate surface area is 194 Å². The zero-order chi connectivity index (χ0) is 23.1. The molecule has 0 aromatic rings. The molecule has 2 aliphatic carbocycles. The summed E-state index contributed by atoms with van der Waals surface area (Å²) in [4.78, 5) is 43.2. The minimum atomic E-state index is -0.495. The van der Waals surface area contributed by atoms with E-state index >= 15 is 0 Å². The molecule has 0 bridgehead atoms. The molecule has 1 saturated heterocycles. The Morgan fingerprint density at radius 2 is 1.62 bits per heavy atom. The maximum Gasteiger partial charge on any atom is 0.318 e. The monoisotopic (exact) mass is 448 g/mol. The van der Waals surface area contributed by atoms with Crippen molar-refractivity contribution < 1.29 is 14.4 Å². The Balaban J connectivity index is 1.81. The Bertz CT molecular complexity index is 641. The third-order valence-corrected chi connectivity index (χ3v) is 7.52. The van der Waals surface area contributed by atoms with Crippen LogP contribution < -0.4 is 10.6 Å². The van der Waals surface area contributed by atoms with Crippen molar-refractivity contribution in [3.8, 4) is 0 Å². The van der Waals surface area contributed by atoms with Gasteiger partial charge in [-0.25, -0.2) is 4.79 Å². The first-order chi connectivity index (χ1) is 15.4. The molecule has 3 aliphatic rings. The standard InChI is InChI=1S/C25H44N4O3/c1-18(2)14-22-24(31)28(16-19-10-6-4-7-11-19)17-21(15-23(30)26-3)29(22)25(32)27-20-12-8-5-9-13-20/h18-22H,4-17H2,1-3H3,(H,26,30)(H,27,32). The summed E-state index contributed by atoms with van der Waals surface area (Å²) in [6, 6.07) is -0.775. The maximum atomic E-state index is 13.6. The quantitative estimate of drug-likeness (QED) is 0.623. The molecule has 0 spiro atoms. The van der Waals surface area contributed by atoms with Gasteiger partial charge >= 0.3 is 6.03 Å². The normalized spacial score (nSPS) is 25.8. The molecule has 2 saturated carbocycles. The Morgan fingerprint density at radius 3 is 2.22 bits per heavy atom. The van der Waals surface area contributed by atoms with E-state index in [0.29, 0.717) is 18.9 Å². The number of carbonyl (C=O) groups excluding carboxylic acids is 3. The van der Waals surface area contributed by atoms with Gasteiger partial charge in [-0.05, 0) is 43.9 Å². The number of hydrogen-bond acceptors (Lipinski definition) is 3. The highest BCUT2D eigenvalue weighted by molar-refractivity contribution is 5.89. The highest BCUT2D eigenvalue weighted by Crippen LogP contribution is 2.30. The van der Waals surface area contributed by atoms with Crippen LogP contribution in [0, 0.1) is 11.8 Å². The van der Waals surface area contributed by atoms with Gasteiger partial charge in [0.2, 0.25) is 11.8 Å². The smallest absolute Gasteiger partial charge is 0.318 e. The maximum absolute atomic E-state index is 13.6. The predicted octanol–water partition coefficient (Wildman–Crippen LogP) is 3.67. The summed E-state index contributed by atoms with van der Waals surface area (Å²) < 4.78 is 0. The first kappa shape index (κ1) is 24.8. The molecule has 4 amide bonds. The fourth-order valence-electron chi connectivity index (χ4n) is 5.81. The van der Waals surface area contributed by atoms with Crippen molar-refractivity contribution in [3.63, 3.8) is 0 Å². The lowest BCUT2D eigenvalue weighted by Gasteiger charge is -2.47. The van der Waals surface area contributed by atoms with Crippen molar-refractivity contribution in [2.45, 2.75) is 109 Å². The zero-order valence-corrected chi connectivity index (χ0v) is 20.4. The fourth-order valence-corrected chi connectivity index (χ4v) is 5.81. The number of hydrogen-bond donors (Lipinski definition) is 2. The van der Waals surface area contributed by atoms with Crippen LogP contribution in [-0.4, -0.2) is 65.9 Å². The number of urea groups is 1. The summed E-state index contributed by atoms with van der Waals surface area (Å²) in [5.74, 6) is 0.803. The van der Waals surface area contributed by atoms with E-state index in [4.69, 9.17) is 0 Å². The summed E-state index contributed by atoms with van der Waals surface area (Å²) in [5, 5.41) is 5.93. The molecule has 182 valence electrons. The van der Waals surface area contributed by atoms with Gasteiger partial charge in [0.05, 0.1) is 6.04 Å². The van der Waals surface area contributed by atoms with Crippen molar-refractivity contribution in [1.29, 1.82) is 0 Å². The summed E-state index contributed by atoms with van der Waals surface area (Å²) in [7, 11) is 1.63. The van der Waals surface area contributed by atoms with Crippen molar-refractivity contribution in [3.05, 3.63) is 0 Å². The number of piperazine rings is 1. The molecule has 7 heteroatoms. The first-order valence-corrected chi connectivity index (χ1v) is 13.0. The highest BCUT2D eigenvalue weighted by atomic mass is 16.2. The van der Waals surface area contributed by atoms with Gasteiger partial charge in [0.15, 0.2) is 0 Å². The minimum Gasteiger partial charge on any atom is -0.359 e. The van der Waals surface area contributed by atoms with Crippen molar-refractivity contribution >= 4 is 17.8 Å². The third-order valence-electron chi connectivity index (χ3n) is 7.52. The van der Waals surface area contributed by atoms with Gasteiger partial charge in [-0.15, -0.1) is 0 Å². The van der Waals surface area contributed by atoms with E-state index in [0.717, 1.165) is 32.2 Å². The molecule has 7 nitrogen and oxygen atoms in total. The largest absolute Gasteiger partial charge is 0.359 e. The SMILES string of the molecule is CNC(=O)CC1CN(CC2CCCCC2)C(=O)C(CC(C)C)N1C(=O)NC1CCCCC1. The molecule has 0 radical (unpaired) electrons. The third kappa shape index (κ3) is 6.61. The zero-order valence-electron chi connectivity index (χ0n) is 20.4. The molecule has 1 heterocycles.